The van der Waals surface area contributed by atoms with Crippen molar-refractivity contribution < 1.29 is 19.1 Å². The van der Waals surface area contributed by atoms with Gasteiger partial charge in [0.1, 0.15) is 0 Å². The first-order chi connectivity index (χ1) is 11.7. The van der Waals surface area contributed by atoms with Gasteiger partial charge in [-0.25, -0.2) is 0 Å². The van der Waals surface area contributed by atoms with Crippen LogP contribution in [-0.4, -0.2) is 50.3 Å². The largest absolute Gasteiger partial charge is 0.381 e. The molecule has 0 radical (unpaired) electrons. The predicted molar refractivity (Wildman–Crippen MR) is 89.4 cm³/mol. The zero-order chi connectivity index (χ0) is 16.8. The second-order valence-corrected chi connectivity index (χ2v) is 7.47. The summed E-state index contributed by atoms with van der Waals surface area (Å²) < 4.78 is 10.8. The van der Waals surface area contributed by atoms with Gasteiger partial charge >= 0.3 is 0 Å². The molecular formula is C18H30N2O4. The normalized spacial score (nSPS) is 29.8. The molecule has 3 fully saturated rings. The molecule has 2 amide bonds. The van der Waals surface area contributed by atoms with Gasteiger partial charge in [0.15, 0.2) is 0 Å². The Morgan fingerprint density at radius 2 is 1.42 bits per heavy atom. The molecule has 0 bridgehead atoms. The lowest BCUT2D eigenvalue weighted by Crippen LogP contribution is -2.48. The van der Waals surface area contributed by atoms with E-state index in [1.54, 1.807) is 0 Å². The quantitative estimate of drug-likeness (QED) is 0.794. The number of ether oxygens (including phenoxy) is 2. The summed E-state index contributed by atoms with van der Waals surface area (Å²) in [6.07, 6.45) is 7.20. The van der Waals surface area contributed by atoms with Gasteiger partial charge in [-0.1, -0.05) is 0 Å². The third-order valence-electron chi connectivity index (χ3n) is 5.49. The van der Waals surface area contributed by atoms with Crippen LogP contribution in [0.25, 0.3) is 0 Å². The van der Waals surface area contributed by atoms with Crippen molar-refractivity contribution in [3.63, 3.8) is 0 Å². The van der Waals surface area contributed by atoms with E-state index >= 15 is 0 Å². The molecule has 2 aliphatic heterocycles. The molecule has 0 spiro atoms. The molecule has 2 N–H and O–H groups in total. The van der Waals surface area contributed by atoms with E-state index in [9.17, 15) is 9.59 Å². The third-order valence-corrected chi connectivity index (χ3v) is 5.49. The number of rotatable bonds is 5. The molecular weight excluding hydrogens is 308 g/mol. The highest BCUT2D eigenvalue weighted by atomic mass is 16.5. The number of hydrogen-bond acceptors (Lipinski definition) is 4. The molecule has 3 aliphatic rings. The molecule has 136 valence electrons. The Kier molecular flexibility index (Phi) is 6.11. The lowest BCUT2D eigenvalue weighted by molar-refractivity contribution is -0.128. The van der Waals surface area contributed by atoms with Crippen LogP contribution in [0.4, 0.5) is 0 Å². The Hall–Kier alpha value is -1.14. The van der Waals surface area contributed by atoms with Gasteiger partial charge in [-0.3, -0.25) is 9.59 Å². The smallest absolute Gasteiger partial charge is 0.223 e. The summed E-state index contributed by atoms with van der Waals surface area (Å²) in [7, 11) is 0. The fourth-order valence-corrected chi connectivity index (χ4v) is 3.59. The molecule has 2 saturated heterocycles. The zero-order valence-electron chi connectivity index (χ0n) is 14.5. The van der Waals surface area contributed by atoms with E-state index in [1.807, 2.05) is 0 Å². The van der Waals surface area contributed by atoms with Crippen molar-refractivity contribution in [3.05, 3.63) is 0 Å². The van der Waals surface area contributed by atoms with Crippen LogP contribution in [0.15, 0.2) is 0 Å². The van der Waals surface area contributed by atoms with Crippen molar-refractivity contribution in [1.29, 1.82) is 0 Å². The van der Waals surface area contributed by atoms with Crippen LogP contribution in [0, 0.1) is 11.8 Å². The Labute approximate surface area is 144 Å². The monoisotopic (exact) mass is 338 g/mol. The van der Waals surface area contributed by atoms with Crippen LogP contribution in [0.1, 0.15) is 51.4 Å². The SMILES string of the molecule is O=C(NCC1(NC(=O)C2CCCOCC2)CC1)C1CCCOCC1. The molecule has 0 aromatic carbocycles. The molecule has 2 atom stereocenters. The Morgan fingerprint density at radius 3 is 2.00 bits per heavy atom. The maximum atomic E-state index is 12.5. The first-order valence-electron chi connectivity index (χ1n) is 9.44. The van der Waals surface area contributed by atoms with E-state index in [-0.39, 0.29) is 29.2 Å². The average molecular weight is 338 g/mol. The highest BCUT2D eigenvalue weighted by molar-refractivity contribution is 5.81. The maximum absolute atomic E-state index is 12.5. The summed E-state index contributed by atoms with van der Waals surface area (Å²) in [5.41, 5.74) is -0.207. The fourth-order valence-electron chi connectivity index (χ4n) is 3.59. The van der Waals surface area contributed by atoms with Gasteiger partial charge in [0.2, 0.25) is 11.8 Å². The van der Waals surface area contributed by atoms with Gasteiger partial charge in [0, 0.05) is 44.8 Å². The molecule has 3 rings (SSSR count). The van der Waals surface area contributed by atoms with Crippen molar-refractivity contribution in [2.75, 3.05) is 33.0 Å². The molecule has 0 aromatic heterocycles. The molecule has 0 aromatic rings. The Morgan fingerprint density at radius 1 is 0.833 bits per heavy atom. The average Bonchev–Trinajstić information content (AvgIpc) is 3.39. The van der Waals surface area contributed by atoms with Crippen LogP contribution < -0.4 is 10.6 Å². The summed E-state index contributed by atoms with van der Waals surface area (Å²) in [6, 6.07) is 0. The molecule has 1 saturated carbocycles. The van der Waals surface area contributed by atoms with Crippen molar-refractivity contribution in [1.82, 2.24) is 10.6 Å². The summed E-state index contributed by atoms with van der Waals surface area (Å²) in [5.74, 6) is 0.358. The molecule has 2 heterocycles. The zero-order valence-corrected chi connectivity index (χ0v) is 14.5. The minimum Gasteiger partial charge on any atom is -0.381 e. The summed E-state index contributed by atoms with van der Waals surface area (Å²) in [6.45, 7) is 3.42. The van der Waals surface area contributed by atoms with Crippen molar-refractivity contribution in [2.45, 2.75) is 56.9 Å². The predicted octanol–water partition coefficient (Wildman–Crippen LogP) is 1.38. The summed E-state index contributed by atoms with van der Waals surface area (Å²) in [5, 5.41) is 6.27. The van der Waals surface area contributed by atoms with E-state index in [0.29, 0.717) is 19.8 Å². The Balaban J connectivity index is 1.44. The van der Waals surface area contributed by atoms with Crippen LogP contribution in [0.5, 0.6) is 0 Å². The minimum atomic E-state index is -0.207. The first-order valence-corrected chi connectivity index (χ1v) is 9.44. The van der Waals surface area contributed by atoms with Gasteiger partial charge in [0.05, 0.1) is 5.54 Å². The standard InChI is InChI=1S/C18H30N2O4/c21-16(14-3-1-9-23-11-5-14)19-13-18(7-8-18)20-17(22)15-4-2-10-24-12-6-15/h14-15H,1-13H2,(H,19,21)(H,20,22). The second kappa shape index (κ2) is 8.30. The number of amides is 2. The summed E-state index contributed by atoms with van der Waals surface area (Å²) in [4.78, 5) is 24.9. The molecule has 6 nitrogen and oxygen atoms in total. The van der Waals surface area contributed by atoms with Crippen LogP contribution in [-0.2, 0) is 19.1 Å². The van der Waals surface area contributed by atoms with Gasteiger partial charge in [-0.15, -0.1) is 0 Å². The molecule has 6 heteroatoms. The van der Waals surface area contributed by atoms with Crippen molar-refractivity contribution >= 4 is 11.8 Å². The molecule has 24 heavy (non-hydrogen) atoms. The van der Waals surface area contributed by atoms with Crippen LogP contribution in [0.2, 0.25) is 0 Å². The number of nitrogens with one attached hydrogen (secondary N) is 2. The summed E-state index contributed by atoms with van der Waals surface area (Å²) >= 11 is 0. The lowest BCUT2D eigenvalue weighted by atomic mass is 9.98. The highest BCUT2D eigenvalue weighted by Gasteiger charge is 2.45. The van der Waals surface area contributed by atoms with Crippen molar-refractivity contribution in [2.24, 2.45) is 11.8 Å². The second-order valence-electron chi connectivity index (χ2n) is 7.47. The number of carbonyl (C=O) groups is 2. The third kappa shape index (κ3) is 4.93. The minimum absolute atomic E-state index is 0.0537. The number of carbonyl (C=O) groups excluding carboxylic acids is 2. The van der Waals surface area contributed by atoms with E-state index in [4.69, 9.17) is 9.47 Å². The van der Waals surface area contributed by atoms with Crippen molar-refractivity contribution in [3.8, 4) is 0 Å². The van der Waals surface area contributed by atoms with E-state index in [2.05, 4.69) is 10.6 Å². The number of hydrogen-bond donors (Lipinski definition) is 2. The van der Waals surface area contributed by atoms with Gasteiger partial charge < -0.3 is 20.1 Å². The van der Waals surface area contributed by atoms with Gasteiger partial charge in [-0.2, -0.15) is 0 Å². The van der Waals surface area contributed by atoms with Crippen LogP contribution in [0.3, 0.4) is 0 Å². The van der Waals surface area contributed by atoms with E-state index < -0.39 is 0 Å². The first kappa shape index (κ1) is 17.7. The van der Waals surface area contributed by atoms with E-state index in [0.717, 1.165) is 64.6 Å². The Bertz CT molecular complexity index is 434. The van der Waals surface area contributed by atoms with Gasteiger partial charge in [-0.05, 0) is 51.4 Å². The lowest BCUT2D eigenvalue weighted by Gasteiger charge is -2.23. The highest BCUT2D eigenvalue weighted by Crippen LogP contribution is 2.35. The molecule has 2 unspecified atom stereocenters. The maximum Gasteiger partial charge on any atom is 0.223 e. The van der Waals surface area contributed by atoms with Crippen LogP contribution >= 0.6 is 0 Å². The van der Waals surface area contributed by atoms with E-state index in [1.165, 1.54) is 0 Å². The fraction of sp³-hybridized carbons (Fsp3) is 0.889. The molecule has 1 aliphatic carbocycles. The topological polar surface area (TPSA) is 76.7 Å². The van der Waals surface area contributed by atoms with Gasteiger partial charge in [0.25, 0.3) is 0 Å².